The van der Waals surface area contributed by atoms with Gasteiger partial charge in [-0.1, -0.05) is 74.0 Å². The Labute approximate surface area is 222 Å². The molecule has 6 rings (SSSR count). The summed E-state index contributed by atoms with van der Waals surface area (Å²) in [4.78, 5) is 18.2. The summed E-state index contributed by atoms with van der Waals surface area (Å²) in [6.07, 6.45) is 5.17. The van der Waals surface area contributed by atoms with Gasteiger partial charge in [0.15, 0.2) is 0 Å². The third-order valence-electron chi connectivity index (χ3n) is 8.91. The molecule has 198 valence electrons. The van der Waals surface area contributed by atoms with E-state index in [0.29, 0.717) is 61.9 Å². The molecule has 0 spiro atoms. The van der Waals surface area contributed by atoms with E-state index in [1.54, 1.807) is 28.6 Å². The van der Waals surface area contributed by atoms with Crippen LogP contribution >= 0.6 is 0 Å². The molecule has 3 aliphatic carbocycles. The minimum Gasteiger partial charge on any atom is -0.337 e. The maximum absolute atomic E-state index is 13.5. The Hall–Kier alpha value is -2.48. The Morgan fingerprint density at radius 1 is 0.973 bits per heavy atom. The highest BCUT2D eigenvalue weighted by atomic mass is 32.2. The van der Waals surface area contributed by atoms with Crippen molar-refractivity contribution < 1.29 is 13.2 Å². The number of allylic oxidation sites excluding steroid dienone is 1. The molecule has 1 amide bonds. The van der Waals surface area contributed by atoms with Crippen molar-refractivity contribution in [2.24, 2.45) is 17.3 Å². The number of amides is 1. The van der Waals surface area contributed by atoms with Crippen molar-refractivity contribution in [3.8, 4) is 0 Å². The van der Waals surface area contributed by atoms with Crippen LogP contribution in [0.2, 0.25) is 0 Å². The minimum atomic E-state index is -3.46. The van der Waals surface area contributed by atoms with Gasteiger partial charge in [-0.15, -0.1) is 0 Å². The Balaban J connectivity index is 1.21. The lowest BCUT2D eigenvalue weighted by Crippen LogP contribution is -2.52. The van der Waals surface area contributed by atoms with Crippen LogP contribution in [0.5, 0.6) is 0 Å². The van der Waals surface area contributed by atoms with E-state index >= 15 is 0 Å². The topological polar surface area (TPSA) is 60.9 Å². The predicted molar refractivity (Wildman–Crippen MR) is 146 cm³/mol. The molecule has 1 saturated heterocycles. The smallest absolute Gasteiger partial charge is 0.243 e. The maximum atomic E-state index is 13.5. The number of sulfonamides is 1. The van der Waals surface area contributed by atoms with Crippen molar-refractivity contribution in [2.45, 2.75) is 38.0 Å². The van der Waals surface area contributed by atoms with Crippen molar-refractivity contribution >= 4 is 15.9 Å². The molecule has 4 aliphatic rings. The van der Waals surface area contributed by atoms with Crippen LogP contribution in [-0.2, 0) is 21.2 Å². The number of fused-ring (bicyclic) bond motifs is 1. The Morgan fingerprint density at radius 2 is 1.62 bits per heavy atom. The lowest BCUT2D eigenvalue weighted by atomic mass is 9.49. The predicted octanol–water partition coefficient (Wildman–Crippen LogP) is 4.06. The molecule has 2 bridgehead atoms. The zero-order valence-electron chi connectivity index (χ0n) is 22.1. The second-order valence-corrected chi connectivity index (χ2v) is 13.3. The van der Waals surface area contributed by atoms with Gasteiger partial charge < -0.3 is 4.90 Å². The van der Waals surface area contributed by atoms with E-state index in [1.807, 2.05) is 41.3 Å². The average molecular weight is 522 g/mol. The van der Waals surface area contributed by atoms with Gasteiger partial charge in [0, 0.05) is 45.8 Å². The number of nitrogens with zero attached hydrogens (tertiary/aromatic N) is 3. The fraction of sp³-hybridized carbons (Fsp3) is 0.500. The highest BCUT2D eigenvalue weighted by molar-refractivity contribution is 7.89. The Kier molecular flexibility index (Phi) is 7.57. The first-order valence-corrected chi connectivity index (χ1v) is 15.0. The third-order valence-corrected chi connectivity index (χ3v) is 10.8. The highest BCUT2D eigenvalue weighted by Crippen LogP contribution is 2.59. The number of carbonyl (C=O) groups is 1. The molecule has 37 heavy (non-hydrogen) atoms. The molecule has 2 fully saturated rings. The van der Waals surface area contributed by atoms with Crippen LogP contribution in [0, 0.1) is 17.3 Å². The van der Waals surface area contributed by atoms with E-state index in [4.69, 9.17) is 0 Å². The summed E-state index contributed by atoms with van der Waals surface area (Å²) in [5.41, 5.74) is 2.80. The van der Waals surface area contributed by atoms with Crippen LogP contribution in [0.3, 0.4) is 0 Å². The molecule has 0 aromatic heterocycles. The molecule has 0 N–H and O–H groups in total. The lowest BCUT2D eigenvalue weighted by molar-refractivity contribution is -0.130. The van der Waals surface area contributed by atoms with Gasteiger partial charge >= 0.3 is 0 Å². The number of benzene rings is 2. The molecule has 1 heterocycles. The molecule has 2 atom stereocenters. The monoisotopic (exact) mass is 521 g/mol. The fourth-order valence-corrected chi connectivity index (χ4v) is 7.69. The first kappa shape index (κ1) is 26.1. The molecule has 0 radical (unpaired) electrons. The zero-order chi connectivity index (χ0) is 26.0. The van der Waals surface area contributed by atoms with E-state index < -0.39 is 10.0 Å². The van der Waals surface area contributed by atoms with Crippen molar-refractivity contribution in [2.75, 3.05) is 45.8 Å². The molecule has 2 aromatic carbocycles. The van der Waals surface area contributed by atoms with Crippen molar-refractivity contribution in [1.29, 1.82) is 0 Å². The molecular weight excluding hydrogens is 482 g/mol. The minimum absolute atomic E-state index is 0.164. The van der Waals surface area contributed by atoms with Gasteiger partial charge in [-0.2, -0.15) is 4.31 Å². The lowest BCUT2D eigenvalue weighted by Gasteiger charge is -2.57. The summed E-state index contributed by atoms with van der Waals surface area (Å²) in [5, 5.41) is 0. The number of piperazine rings is 1. The van der Waals surface area contributed by atoms with Crippen molar-refractivity contribution in [3.63, 3.8) is 0 Å². The maximum Gasteiger partial charge on any atom is 0.243 e. The van der Waals surface area contributed by atoms with E-state index in [2.05, 4.69) is 24.8 Å². The molecule has 6 nitrogen and oxygen atoms in total. The molecule has 1 saturated carbocycles. The van der Waals surface area contributed by atoms with E-state index in [-0.39, 0.29) is 5.91 Å². The molecule has 7 heteroatoms. The van der Waals surface area contributed by atoms with E-state index in [9.17, 15) is 13.2 Å². The largest absolute Gasteiger partial charge is 0.337 e. The molecule has 1 aliphatic heterocycles. The van der Waals surface area contributed by atoms with Gasteiger partial charge in [-0.3, -0.25) is 9.69 Å². The third kappa shape index (κ3) is 5.54. The Morgan fingerprint density at radius 3 is 2.24 bits per heavy atom. The first-order chi connectivity index (χ1) is 17.7. The van der Waals surface area contributed by atoms with Gasteiger partial charge in [-0.25, -0.2) is 8.42 Å². The highest BCUT2D eigenvalue weighted by Gasteiger charge is 2.51. The summed E-state index contributed by atoms with van der Waals surface area (Å²) < 4.78 is 27.5. The second kappa shape index (κ2) is 10.7. The van der Waals surface area contributed by atoms with Crippen LogP contribution in [0.15, 0.2) is 77.2 Å². The van der Waals surface area contributed by atoms with E-state index in [0.717, 1.165) is 24.4 Å². The summed E-state index contributed by atoms with van der Waals surface area (Å²) in [5.74, 6) is 1.51. The van der Waals surface area contributed by atoms with Crippen molar-refractivity contribution in [3.05, 3.63) is 77.9 Å². The number of carbonyl (C=O) groups excluding carboxylic acids is 1. The summed E-state index contributed by atoms with van der Waals surface area (Å²) in [7, 11) is -3.46. The van der Waals surface area contributed by atoms with E-state index in [1.165, 1.54) is 12.0 Å². The SMILES string of the molecule is CC1(C)C2CC=C(CN(CCN3CCN(S(=O)(=O)c4ccccc4)CC3)C(=O)Cc3ccccc3)C1C2. The van der Waals surface area contributed by atoms with Crippen molar-refractivity contribution in [1.82, 2.24) is 14.1 Å². The summed E-state index contributed by atoms with van der Waals surface area (Å²) >= 11 is 0. The Bertz CT molecular complexity index is 1220. The second-order valence-electron chi connectivity index (χ2n) is 11.4. The van der Waals surface area contributed by atoms with Crippen LogP contribution in [-0.4, -0.2) is 74.2 Å². The summed E-state index contributed by atoms with van der Waals surface area (Å²) in [6, 6.07) is 18.6. The van der Waals surface area contributed by atoms with Gasteiger partial charge in [0.05, 0.1) is 11.3 Å². The number of hydrogen-bond donors (Lipinski definition) is 0. The normalized spacial score (nSPS) is 23.7. The zero-order valence-corrected chi connectivity index (χ0v) is 22.9. The molecule has 2 unspecified atom stereocenters. The molecule has 2 aromatic rings. The van der Waals surface area contributed by atoms with Crippen LogP contribution < -0.4 is 0 Å². The fourth-order valence-electron chi connectivity index (χ4n) is 6.25. The average Bonchev–Trinajstić information content (AvgIpc) is 2.92. The van der Waals surface area contributed by atoms with Gasteiger partial charge in [0.25, 0.3) is 0 Å². The first-order valence-electron chi connectivity index (χ1n) is 13.5. The summed E-state index contributed by atoms with van der Waals surface area (Å²) in [6.45, 7) is 9.15. The quantitative estimate of drug-likeness (QED) is 0.467. The molecular formula is C30H39N3O3S. The van der Waals surface area contributed by atoms with Crippen LogP contribution in [0.25, 0.3) is 0 Å². The van der Waals surface area contributed by atoms with Crippen LogP contribution in [0.4, 0.5) is 0 Å². The van der Waals surface area contributed by atoms with Gasteiger partial charge in [0.2, 0.25) is 15.9 Å². The van der Waals surface area contributed by atoms with Crippen LogP contribution in [0.1, 0.15) is 32.3 Å². The standard InChI is InChI=1S/C30H39N3O3S/c1-30(2)26-14-13-25(28(30)22-26)23-32(29(34)21-24-9-5-3-6-10-24)18-15-31-16-19-33(20-17-31)37(35,36)27-11-7-4-8-12-27/h3-13,26,28H,14-23H2,1-2H3. The van der Waals surface area contributed by atoms with Gasteiger partial charge in [-0.05, 0) is 47.8 Å². The number of hydrogen-bond acceptors (Lipinski definition) is 4. The number of rotatable bonds is 9. The van der Waals surface area contributed by atoms with Gasteiger partial charge in [0.1, 0.15) is 0 Å².